The van der Waals surface area contributed by atoms with Crippen molar-refractivity contribution in [1.82, 2.24) is 19.1 Å². The van der Waals surface area contributed by atoms with E-state index in [1.807, 2.05) is 31.4 Å². The van der Waals surface area contributed by atoms with Crippen LogP contribution in [-0.2, 0) is 27.6 Å². The van der Waals surface area contributed by atoms with Crippen molar-refractivity contribution in [2.45, 2.75) is 11.9 Å². The number of morpholine rings is 1. The zero-order valence-electron chi connectivity index (χ0n) is 15.9. The first kappa shape index (κ1) is 19.7. The molecule has 152 valence electrons. The van der Waals surface area contributed by atoms with Gasteiger partial charge in [0.1, 0.15) is 11.9 Å². The third kappa shape index (κ3) is 4.52. The summed E-state index contributed by atoms with van der Waals surface area (Å²) in [6.45, 7) is 0.698. The van der Waals surface area contributed by atoms with Gasteiger partial charge in [0.05, 0.1) is 29.9 Å². The number of benzene rings is 1. The van der Waals surface area contributed by atoms with Gasteiger partial charge in [0.25, 0.3) is 0 Å². The van der Waals surface area contributed by atoms with Gasteiger partial charge in [-0.3, -0.25) is 4.68 Å². The lowest BCUT2D eigenvalue weighted by molar-refractivity contribution is -0.00492. The molecule has 0 N–H and O–H groups in total. The average Bonchev–Trinajstić information content (AvgIpc) is 3.14. The van der Waals surface area contributed by atoms with E-state index < -0.39 is 21.9 Å². The normalized spacial score (nSPS) is 18.1. The smallest absolute Gasteiger partial charge is 0.218 e. The zero-order chi connectivity index (χ0) is 20.4. The van der Waals surface area contributed by atoms with Gasteiger partial charge in [0.2, 0.25) is 10.0 Å². The van der Waals surface area contributed by atoms with Gasteiger partial charge in [-0.05, 0) is 29.8 Å². The number of hydrogen-bond donors (Lipinski definition) is 0. The molecular formula is C20H21FN4O3S. The molecule has 1 unspecified atom stereocenters. The molecule has 0 amide bonds. The Morgan fingerprint density at radius 1 is 1.24 bits per heavy atom. The summed E-state index contributed by atoms with van der Waals surface area (Å²) in [5.41, 5.74) is 2.71. The number of aromatic nitrogens is 3. The van der Waals surface area contributed by atoms with Crippen molar-refractivity contribution in [2.75, 3.05) is 19.7 Å². The quantitative estimate of drug-likeness (QED) is 0.639. The minimum Gasteiger partial charge on any atom is -0.369 e. The lowest BCUT2D eigenvalue weighted by Crippen LogP contribution is -2.42. The van der Waals surface area contributed by atoms with Crippen molar-refractivity contribution in [2.24, 2.45) is 7.05 Å². The first-order valence-corrected chi connectivity index (χ1v) is 10.8. The Labute approximate surface area is 168 Å². The summed E-state index contributed by atoms with van der Waals surface area (Å²) >= 11 is 0. The van der Waals surface area contributed by atoms with E-state index in [-0.39, 0.29) is 25.4 Å². The Hall–Kier alpha value is -2.62. The van der Waals surface area contributed by atoms with Crippen LogP contribution in [0.15, 0.2) is 54.9 Å². The molecule has 1 atom stereocenters. The van der Waals surface area contributed by atoms with Crippen LogP contribution >= 0.6 is 0 Å². The summed E-state index contributed by atoms with van der Waals surface area (Å²) in [6, 6.07) is 11.2. The predicted molar refractivity (Wildman–Crippen MR) is 106 cm³/mol. The van der Waals surface area contributed by atoms with E-state index in [0.29, 0.717) is 11.3 Å². The SMILES string of the molecule is Cn1cc(-c2cccc(C3CN(S(=O)(=O)Cc4cccc(F)c4)CCO3)n2)cn1. The van der Waals surface area contributed by atoms with Crippen LogP contribution in [0.25, 0.3) is 11.3 Å². The van der Waals surface area contributed by atoms with Gasteiger partial charge < -0.3 is 4.74 Å². The van der Waals surface area contributed by atoms with Gasteiger partial charge in [-0.15, -0.1) is 0 Å². The molecule has 1 aliphatic heterocycles. The van der Waals surface area contributed by atoms with Crippen molar-refractivity contribution in [3.05, 3.63) is 71.9 Å². The molecule has 0 aliphatic carbocycles. The van der Waals surface area contributed by atoms with Crippen molar-refractivity contribution < 1.29 is 17.5 Å². The van der Waals surface area contributed by atoms with Crippen LogP contribution in [0.5, 0.6) is 0 Å². The van der Waals surface area contributed by atoms with E-state index >= 15 is 0 Å². The molecule has 2 aromatic heterocycles. The third-order valence-electron chi connectivity index (χ3n) is 4.76. The maximum atomic E-state index is 13.4. The topological polar surface area (TPSA) is 77.3 Å². The first-order valence-electron chi connectivity index (χ1n) is 9.20. The monoisotopic (exact) mass is 416 g/mol. The van der Waals surface area contributed by atoms with Crippen LogP contribution in [0.1, 0.15) is 17.4 Å². The van der Waals surface area contributed by atoms with E-state index in [0.717, 1.165) is 11.3 Å². The molecule has 3 heterocycles. The summed E-state index contributed by atoms with van der Waals surface area (Å²) in [5, 5.41) is 4.16. The van der Waals surface area contributed by atoms with Crippen molar-refractivity contribution >= 4 is 10.0 Å². The second-order valence-corrected chi connectivity index (χ2v) is 8.92. The summed E-state index contributed by atoms with van der Waals surface area (Å²) in [4.78, 5) is 4.64. The standard InChI is InChI=1S/C20H21FN4O3S/c1-24-12-16(11-22-24)18-6-3-7-19(23-18)20-13-25(8-9-28-20)29(26,27)14-15-4-2-5-17(21)10-15/h2-7,10-12,20H,8-9,13-14H2,1H3. The van der Waals surface area contributed by atoms with Crippen LogP contribution in [0, 0.1) is 5.82 Å². The number of aryl methyl sites for hydroxylation is 1. The highest BCUT2D eigenvalue weighted by Crippen LogP contribution is 2.26. The van der Waals surface area contributed by atoms with Crippen LogP contribution in [0.3, 0.4) is 0 Å². The lowest BCUT2D eigenvalue weighted by Gasteiger charge is -2.32. The molecule has 1 fully saturated rings. The van der Waals surface area contributed by atoms with E-state index in [1.165, 1.54) is 22.5 Å². The summed E-state index contributed by atoms with van der Waals surface area (Å²) in [7, 11) is -1.78. The maximum Gasteiger partial charge on any atom is 0.218 e. The van der Waals surface area contributed by atoms with Crippen LogP contribution in [0.4, 0.5) is 4.39 Å². The van der Waals surface area contributed by atoms with E-state index in [1.54, 1.807) is 16.9 Å². The molecule has 0 radical (unpaired) electrons. The first-order chi connectivity index (χ1) is 13.9. The van der Waals surface area contributed by atoms with E-state index in [4.69, 9.17) is 4.74 Å². The van der Waals surface area contributed by atoms with Gasteiger partial charge in [-0.2, -0.15) is 9.40 Å². The van der Waals surface area contributed by atoms with Crippen molar-refractivity contribution in [3.8, 4) is 11.3 Å². The average molecular weight is 416 g/mol. The molecule has 0 saturated carbocycles. The van der Waals surface area contributed by atoms with Crippen molar-refractivity contribution in [1.29, 1.82) is 0 Å². The highest BCUT2D eigenvalue weighted by molar-refractivity contribution is 7.88. The second kappa shape index (κ2) is 8.02. The van der Waals surface area contributed by atoms with Crippen LogP contribution in [0.2, 0.25) is 0 Å². The molecule has 0 bridgehead atoms. The van der Waals surface area contributed by atoms with Gasteiger partial charge in [0, 0.05) is 31.9 Å². The molecule has 4 rings (SSSR count). The van der Waals surface area contributed by atoms with Gasteiger partial charge in [-0.1, -0.05) is 18.2 Å². The van der Waals surface area contributed by atoms with Crippen LogP contribution < -0.4 is 0 Å². The Kier molecular flexibility index (Phi) is 5.44. The fourth-order valence-corrected chi connectivity index (χ4v) is 4.83. The van der Waals surface area contributed by atoms with Gasteiger partial charge in [-0.25, -0.2) is 17.8 Å². The number of pyridine rings is 1. The summed E-state index contributed by atoms with van der Waals surface area (Å²) in [5.74, 6) is -0.699. The summed E-state index contributed by atoms with van der Waals surface area (Å²) in [6.07, 6.45) is 3.12. The minimum atomic E-state index is -3.61. The van der Waals surface area contributed by atoms with Gasteiger partial charge >= 0.3 is 0 Å². The number of ether oxygens (including phenoxy) is 1. The number of rotatable bonds is 5. The van der Waals surface area contributed by atoms with Crippen LogP contribution in [-0.4, -0.2) is 47.2 Å². The molecule has 1 aliphatic rings. The number of sulfonamides is 1. The maximum absolute atomic E-state index is 13.4. The Morgan fingerprint density at radius 2 is 2.07 bits per heavy atom. The molecule has 9 heteroatoms. The zero-order valence-corrected chi connectivity index (χ0v) is 16.7. The molecule has 1 aromatic carbocycles. The summed E-state index contributed by atoms with van der Waals surface area (Å²) < 4.78 is 48.0. The molecule has 3 aromatic rings. The molecular weight excluding hydrogens is 395 g/mol. The van der Waals surface area contributed by atoms with E-state index in [9.17, 15) is 12.8 Å². The fourth-order valence-electron chi connectivity index (χ4n) is 3.33. The van der Waals surface area contributed by atoms with Gasteiger partial charge in [0.15, 0.2) is 0 Å². The lowest BCUT2D eigenvalue weighted by atomic mass is 10.1. The number of halogens is 1. The Balaban J connectivity index is 1.52. The highest BCUT2D eigenvalue weighted by atomic mass is 32.2. The molecule has 29 heavy (non-hydrogen) atoms. The van der Waals surface area contributed by atoms with Crippen molar-refractivity contribution in [3.63, 3.8) is 0 Å². The molecule has 0 spiro atoms. The Morgan fingerprint density at radius 3 is 2.83 bits per heavy atom. The van der Waals surface area contributed by atoms with E-state index in [2.05, 4.69) is 10.1 Å². The largest absolute Gasteiger partial charge is 0.369 e. The minimum absolute atomic E-state index is 0.168. The Bertz CT molecular complexity index is 1120. The predicted octanol–water partition coefficient (Wildman–Crippen LogP) is 2.52. The highest BCUT2D eigenvalue weighted by Gasteiger charge is 2.31. The third-order valence-corrected chi connectivity index (χ3v) is 6.58. The fraction of sp³-hybridized carbons (Fsp3) is 0.300. The number of hydrogen-bond acceptors (Lipinski definition) is 5. The second-order valence-electron chi connectivity index (χ2n) is 6.95. The number of nitrogens with zero attached hydrogens (tertiary/aromatic N) is 4. The molecule has 1 saturated heterocycles. The molecule has 7 nitrogen and oxygen atoms in total.